The third-order valence-electron chi connectivity index (χ3n) is 3.82. The Kier molecular flexibility index (Phi) is 4.99. The zero-order valence-electron chi connectivity index (χ0n) is 13.6. The first-order valence-corrected chi connectivity index (χ1v) is 8.62. The molecule has 5 nitrogen and oxygen atoms in total. The molecule has 7 heteroatoms. The molecule has 2 amide bonds. The smallest absolute Gasteiger partial charge is 0.256 e. The van der Waals surface area contributed by atoms with Gasteiger partial charge in [0, 0.05) is 10.4 Å². The summed E-state index contributed by atoms with van der Waals surface area (Å²) < 4.78 is 13.6. The van der Waals surface area contributed by atoms with E-state index in [-0.39, 0.29) is 11.5 Å². The molecular weight excluding hydrogens is 353 g/mol. The number of nitrogens with two attached hydrogens (primary N) is 2. The number of hydrogen-bond donors (Lipinski definition) is 3. The second-order valence-electron chi connectivity index (χ2n) is 5.62. The largest absolute Gasteiger partial charge is 0.397 e. The summed E-state index contributed by atoms with van der Waals surface area (Å²) >= 11 is 1.59. The van der Waals surface area contributed by atoms with Crippen LogP contribution in [0.4, 0.5) is 15.8 Å². The average molecular weight is 369 g/mol. The first-order chi connectivity index (χ1) is 12.5. The molecule has 1 unspecified atom stereocenters. The number of halogens is 1. The number of carbonyl (C=O) groups is 2. The van der Waals surface area contributed by atoms with E-state index in [0.717, 1.165) is 10.4 Å². The maximum atomic E-state index is 13.6. The fourth-order valence-electron chi connectivity index (χ4n) is 2.42. The molecule has 0 fully saturated rings. The Morgan fingerprint density at radius 1 is 1.08 bits per heavy atom. The number of alkyl halides is 1. The molecule has 132 valence electrons. The molecule has 0 bridgehead atoms. The second-order valence-corrected chi connectivity index (χ2v) is 6.57. The Morgan fingerprint density at radius 3 is 2.42 bits per heavy atom. The highest BCUT2D eigenvalue weighted by Gasteiger charge is 2.17. The van der Waals surface area contributed by atoms with E-state index < -0.39 is 12.1 Å². The molecule has 3 rings (SSSR count). The van der Waals surface area contributed by atoms with Crippen molar-refractivity contribution in [2.75, 3.05) is 11.1 Å². The summed E-state index contributed by atoms with van der Waals surface area (Å²) in [5.74, 6) is -1.46. The molecule has 3 aromatic rings. The van der Waals surface area contributed by atoms with Crippen LogP contribution in [0, 0.1) is 0 Å². The Morgan fingerprint density at radius 2 is 1.81 bits per heavy atom. The fraction of sp³-hybridized carbons (Fsp3) is 0.0526. The normalized spacial score (nSPS) is 11.7. The van der Waals surface area contributed by atoms with Crippen LogP contribution in [0.1, 0.15) is 22.1 Å². The van der Waals surface area contributed by atoms with Crippen LogP contribution in [0.5, 0.6) is 0 Å². The number of anilines is 2. The minimum absolute atomic E-state index is 0.105. The van der Waals surface area contributed by atoms with Crippen LogP contribution >= 0.6 is 11.3 Å². The summed E-state index contributed by atoms with van der Waals surface area (Å²) in [6, 6.07) is 14.9. The van der Waals surface area contributed by atoms with Gasteiger partial charge in [-0.05, 0) is 46.8 Å². The molecule has 1 heterocycles. The van der Waals surface area contributed by atoms with Gasteiger partial charge in [0.1, 0.15) is 0 Å². The van der Waals surface area contributed by atoms with Gasteiger partial charge in [-0.3, -0.25) is 9.59 Å². The molecule has 0 saturated heterocycles. The van der Waals surface area contributed by atoms with Gasteiger partial charge in [0.05, 0.1) is 11.4 Å². The summed E-state index contributed by atoms with van der Waals surface area (Å²) in [6.07, 6.45) is -1.90. The molecule has 0 aliphatic rings. The minimum Gasteiger partial charge on any atom is -0.397 e. The Balaban J connectivity index is 1.79. The lowest BCUT2D eigenvalue weighted by atomic mass is 10.1. The first-order valence-electron chi connectivity index (χ1n) is 7.74. The Bertz CT molecular complexity index is 940. The summed E-state index contributed by atoms with van der Waals surface area (Å²) in [7, 11) is 0. The molecule has 0 aliphatic heterocycles. The molecule has 0 spiro atoms. The van der Waals surface area contributed by atoms with Crippen LogP contribution in [-0.2, 0) is 4.79 Å². The van der Waals surface area contributed by atoms with E-state index >= 15 is 0 Å². The minimum atomic E-state index is -1.90. The molecule has 0 saturated carbocycles. The lowest BCUT2D eigenvalue weighted by molar-refractivity contribution is -0.122. The molecule has 2 aromatic carbocycles. The third kappa shape index (κ3) is 3.73. The van der Waals surface area contributed by atoms with E-state index in [0.29, 0.717) is 16.9 Å². The average Bonchev–Trinajstić information content (AvgIpc) is 3.17. The predicted molar refractivity (Wildman–Crippen MR) is 102 cm³/mol. The number of carbonyl (C=O) groups excluding carboxylic acids is 2. The lowest BCUT2D eigenvalue weighted by Crippen LogP contribution is -2.18. The third-order valence-corrected chi connectivity index (χ3v) is 4.74. The predicted octanol–water partition coefficient (Wildman–Crippen LogP) is 3.75. The highest BCUT2D eigenvalue weighted by molar-refractivity contribution is 7.13. The SMILES string of the molecule is NC(=O)C(F)c1ccc(C(=O)Nc2cc(-c3cccs3)ccc2N)cc1. The lowest BCUT2D eigenvalue weighted by Gasteiger charge is -2.11. The van der Waals surface area contributed by atoms with Gasteiger partial charge in [-0.25, -0.2) is 4.39 Å². The van der Waals surface area contributed by atoms with Gasteiger partial charge in [0.25, 0.3) is 11.8 Å². The summed E-state index contributed by atoms with van der Waals surface area (Å²) in [4.78, 5) is 24.4. The summed E-state index contributed by atoms with van der Waals surface area (Å²) in [5, 5.41) is 4.72. The quantitative estimate of drug-likeness (QED) is 0.597. The van der Waals surface area contributed by atoms with Crippen molar-refractivity contribution < 1.29 is 14.0 Å². The fourth-order valence-corrected chi connectivity index (χ4v) is 3.15. The van der Waals surface area contributed by atoms with Gasteiger partial charge in [0.15, 0.2) is 0 Å². The topological polar surface area (TPSA) is 98.2 Å². The van der Waals surface area contributed by atoms with Gasteiger partial charge < -0.3 is 16.8 Å². The van der Waals surface area contributed by atoms with E-state index in [1.165, 1.54) is 24.3 Å². The van der Waals surface area contributed by atoms with Crippen molar-refractivity contribution >= 4 is 34.5 Å². The highest BCUT2D eigenvalue weighted by Crippen LogP contribution is 2.30. The van der Waals surface area contributed by atoms with Gasteiger partial charge in [-0.2, -0.15) is 0 Å². The maximum Gasteiger partial charge on any atom is 0.256 e. The molecule has 0 radical (unpaired) electrons. The Hall–Kier alpha value is -3.19. The molecule has 0 aliphatic carbocycles. The standard InChI is InChI=1S/C19H16FN3O2S/c20-17(18(22)24)11-3-5-12(6-4-11)19(25)23-15-10-13(7-8-14(15)21)16-2-1-9-26-16/h1-10,17H,21H2,(H2,22,24)(H,23,25). The molecule has 1 aromatic heterocycles. The zero-order valence-corrected chi connectivity index (χ0v) is 14.4. The van der Waals surface area contributed by atoms with Gasteiger partial charge in [-0.15, -0.1) is 11.3 Å². The molecule has 1 atom stereocenters. The number of thiophene rings is 1. The number of primary amides is 1. The summed E-state index contributed by atoms with van der Waals surface area (Å²) in [6.45, 7) is 0. The van der Waals surface area contributed by atoms with E-state index in [9.17, 15) is 14.0 Å². The van der Waals surface area contributed by atoms with Crippen LogP contribution < -0.4 is 16.8 Å². The summed E-state index contributed by atoms with van der Waals surface area (Å²) in [5.41, 5.74) is 13.2. The maximum absolute atomic E-state index is 13.6. The van der Waals surface area contributed by atoms with Crippen LogP contribution in [0.25, 0.3) is 10.4 Å². The van der Waals surface area contributed by atoms with Crippen LogP contribution in [0.3, 0.4) is 0 Å². The Labute approximate surface area is 153 Å². The number of amides is 2. The molecule has 5 N–H and O–H groups in total. The van der Waals surface area contributed by atoms with E-state index in [2.05, 4.69) is 5.32 Å². The molecule has 26 heavy (non-hydrogen) atoms. The van der Waals surface area contributed by atoms with Gasteiger partial charge in [-0.1, -0.05) is 24.3 Å². The van der Waals surface area contributed by atoms with E-state index in [4.69, 9.17) is 11.5 Å². The van der Waals surface area contributed by atoms with Gasteiger partial charge >= 0.3 is 0 Å². The van der Waals surface area contributed by atoms with Crippen LogP contribution in [-0.4, -0.2) is 11.8 Å². The zero-order chi connectivity index (χ0) is 18.7. The van der Waals surface area contributed by atoms with Crippen molar-refractivity contribution in [2.45, 2.75) is 6.17 Å². The number of hydrogen-bond acceptors (Lipinski definition) is 4. The van der Waals surface area contributed by atoms with Crippen molar-refractivity contribution in [3.8, 4) is 10.4 Å². The number of nitrogen functional groups attached to an aromatic ring is 1. The van der Waals surface area contributed by atoms with Crippen molar-refractivity contribution in [3.63, 3.8) is 0 Å². The van der Waals surface area contributed by atoms with Crippen molar-refractivity contribution in [1.82, 2.24) is 0 Å². The first kappa shape index (κ1) is 17.6. The van der Waals surface area contributed by atoms with E-state index in [1.54, 1.807) is 23.5 Å². The van der Waals surface area contributed by atoms with Gasteiger partial charge in [0.2, 0.25) is 6.17 Å². The van der Waals surface area contributed by atoms with E-state index in [1.807, 2.05) is 23.6 Å². The number of rotatable bonds is 5. The monoisotopic (exact) mass is 369 g/mol. The van der Waals surface area contributed by atoms with Crippen LogP contribution in [0.15, 0.2) is 60.0 Å². The molecular formula is C19H16FN3O2S. The number of nitrogens with one attached hydrogen (secondary N) is 1. The second kappa shape index (κ2) is 7.37. The van der Waals surface area contributed by atoms with Crippen LogP contribution in [0.2, 0.25) is 0 Å². The van der Waals surface area contributed by atoms with Crippen molar-refractivity contribution in [1.29, 1.82) is 0 Å². The highest BCUT2D eigenvalue weighted by atomic mass is 32.1. The van der Waals surface area contributed by atoms with Crippen molar-refractivity contribution in [3.05, 3.63) is 71.1 Å². The number of benzene rings is 2. The van der Waals surface area contributed by atoms with Crippen molar-refractivity contribution in [2.24, 2.45) is 5.73 Å².